The van der Waals surface area contributed by atoms with E-state index in [4.69, 9.17) is 40.0 Å². The Morgan fingerprint density at radius 3 is 1.75 bits per heavy atom. The summed E-state index contributed by atoms with van der Waals surface area (Å²) in [4.78, 5) is 0. The zero-order valence-corrected chi connectivity index (χ0v) is 21.4. The summed E-state index contributed by atoms with van der Waals surface area (Å²) in [6.45, 7) is 1.53. The van der Waals surface area contributed by atoms with Crippen LogP contribution in [0, 0.1) is 0 Å². The number of hydrogen-bond acceptors (Lipinski definition) is 6. The van der Waals surface area contributed by atoms with Crippen LogP contribution in [0.2, 0.25) is 5.02 Å². The first kappa shape index (κ1) is 26.8. The second kappa shape index (κ2) is 13.9. The molecule has 3 aromatic carbocycles. The van der Waals surface area contributed by atoms with Crippen LogP contribution in [0.15, 0.2) is 84.9 Å². The fourth-order valence-corrected chi connectivity index (χ4v) is 4.37. The Morgan fingerprint density at radius 1 is 0.639 bits per heavy atom. The van der Waals surface area contributed by atoms with Crippen molar-refractivity contribution >= 4 is 11.6 Å². The van der Waals surface area contributed by atoms with Gasteiger partial charge >= 0.3 is 0 Å². The van der Waals surface area contributed by atoms with Crippen LogP contribution in [0.4, 0.5) is 0 Å². The molecule has 3 aromatic rings. The zero-order chi connectivity index (χ0) is 25.2. The average molecular weight is 513 g/mol. The summed E-state index contributed by atoms with van der Waals surface area (Å²) < 4.78 is 36.7. The molecule has 0 radical (unpaired) electrons. The van der Waals surface area contributed by atoms with E-state index < -0.39 is 30.7 Å². The quantitative estimate of drug-likeness (QED) is 0.323. The zero-order valence-electron chi connectivity index (χ0n) is 20.6. The van der Waals surface area contributed by atoms with E-state index in [1.54, 1.807) is 14.2 Å². The molecule has 0 unspecified atom stereocenters. The molecule has 1 heterocycles. The fourth-order valence-electron chi connectivity index (χ4n) is 4.25. The Hall–Kier alpha value is -2.29. The van der Waals surface area contributed by atoms with Crippen LogP contribution in [-0.4, -0.2) is 51.5 Å². The fraction of sp³-hybridized carbons (Fsp3) is 0.379. The molecule has 5 atom stereocenters. The Balaban J connectivity index is 1.51. The highest BCUT2D eigenvalue weighted by Gasteiger charge is 2.48. The van der Waals surface area contributed by atoms with Crippen LogP contribution in [0.3, 0.4) is 0 Å². The van der Waals surface area contributed by atoms with E-state index in [2.05, 4.69) is 0 Å². The smallest absolute Gasteiger partial charge is 0.186 e. The van der Waals surface area contributed by atoms with E-state index in [9.17, 15) is 0 Å². The minimum atomic E-state index is -0.628. The average Bonchev–Trinajstić information content (AvgIpc) is 2.93. The molecule has 0 N–H and O–H groups in total. The van der Waals surface area contributed by atoms with E-state index in [0.29, 0.717) is 31.5 Å². The van der Waals surface area contributed by atoms with Crippen molar-refractivity contribution in [1.29, 1.82) is 0 Å². The van der Waals surface area contributed by atoms with Gasteiger partial charge in [-0.3, -0.25) is 0 Å². The van der Waals surface area contributed by atoms with Crippen LogP contribution < -0.4 is 0 Å². The Bertz CT molecular complexity index is 1020. The van der Waals surface area contributed by atoms with Gasteiger partial charge in [0.2, 0.25) is 0 Å². The molecule has 192 valence electrons. The van der Waals surface area contributed by atoms with Gasteiger partial charge in [0.05, 0.1) is 26.4 Å². The molecule has 0 saturated carbocycles. The van der Waals surface area contributed by atoms with Crippen molar-refractivity contribution < 1.29 is 28.4 Å². The maximum absolute atomic E-state index is 6.44. The SMILES string of the molecule is CO[C@H]1O[C@H](COCc2ccc(Cl)cc2)[C@@H](OCc2ccccc2)[C@H](OCc2ccccc2)[C@H]1OC. The predicted molar refractivity (Wildman–Crippen MR) is 138 cm³/mol. The lowest BCUT2D eigenvalue weighted by Crippen LogP contribution is -2.61. The second-order valence-corrected chi connectivity index (χ2v) is 9.08. The summed E-state index contributed by atoms with van der Waals surface area (Å²) in [6.07, 6.45) is -2.43. The van der Waals surface area contributed by atoms with Crippen LogP contribution >= 0.6 is 11.6 Å². The summed E-state index contributed by atoms with van der Waals surface area (Å²) in [5.74, 6) is 0. The second-order valence-electron chi connectivity index (χ2n) is 8.64. The Kier molecular flexibility index (Phi) is 10.3. The predicted octanol–water partition coefficient (Wildman–Crippen LogP) is 5.41. The molecule has 0 spiro atoms. The number of rotatable bonds is 12. The van der Waals surface area contributed by atoms with Gasteiger partial charge in [0, 0.05) is 19.2 Å². The van der Waals surface area contributed by atoms with Gasteiger partial charge in [-0.1, -0.05) is 84.4 Å². The van der Waals surface area contributed by atoms with Gasteiger partial charge in [-0.15, -0.1) is 0 Å². The molecule has 6 nitrogen and oxygen atoms in total. The van der Waals surface area contributed by atoms with Crippen LogP contribution in [0.1, 0.15) is 16.7 Å². The number of hydrogen-bond donors (Lipinski definition) is 0. The lowest BCUT2D eigenvalue weighted by atomic mass is 9.98. The van der Waals surface area contributed by atoms with Gasteiger partial charge in [-0.25, -0.2) is 0 Å². The van der Waals surface area contributed by atoms with Gasteiger partial charge < -0.3 is 28.4 Å². The molecule has 0 amide bonds. The first-order valence-electron chi connectivity index (χ1n) is 12.0. The highest BCUT2D eigenvalue weighted by Crippen LogP contribution is 2.30. The summed E-state index contributed by atoms with van der Waals surface area (Å²) in [6, 6.07) is 27.6. The molecule has 0 aliphatic carbocycles. The molecule has 4 rings (SSSR count). The molecule has 1 aliphatic heterocycles. The van der Waals surface area contributed by atoms with Crippen molar-refractivity contribution in [2.75, 3.05) is 20.8 Å². The molecule has 36 heavy (non-hydrogen) atoms. The molecular weight excluding hydrogens is 480 g/mol. The van der Waals surface area contributed by atoms with Crippen molar-refractivity contribution in [3.8, 4) is 0 Å². The lowest BCUT2D eigenvalue weighted by molar-refractivity contribution is -0.317. The minimum absolute atomic E-state index is 0.295. The van der Waals surface area contributed by atoms with Crippen molar-refractivity contribution in [2.45, 2.75) is 50.5 Å². The topological polar surface area (TPSA) is 55.4 Å². The lowest BCUT2D eigenvalue weighted by Gasteiger charge is -2.45. The van der Waals surface area contributed by atoms with Crippen molar-refractivity contribution in [3.63, 3.8) is 0 Å². The Labute approximate surface area is 218 Å². The van der Waals surface area contributed by atoms with Gasteiger partial charge in [-0.05, 0) is 28.8 Å². The largest absolute Gasteiger partial charge is 0.374 e. The molecule has 7 heteroatoms. The molecule has 1 aliphatic rings. The number of benzene rings is 3. The van der Waals surface area contributed by atoms with Gasteiger partial charge in [0.1, 0.15) is 24.4 Å². The van der Waals surface area contributed by atoms with Crippen molar-refractivity contribution in [3.05, 3.63) is 107 Å². The van der Waals surface area contributed by atoms with E-state index in [1.165, 1.54) is 0 Å². The molecular formula is C29H33ClO6. The normalized spacial score (nSPS) is 24.0. The highest BCUT2D eigenvalue weighted by molar-refractivity contribution is 6.30. The van der Waals surface area contributed by atoms with Crippen LogP contribution in [0.25, 0.3) is 0 Å². The summed E-state index contributed by atoms with van der Waals surface area (Å²) in [5, 5.41) is 0.690. The third-order valence-electron chi connectivity index (χ3n) is 6.13. The third kappa shape index (κ3) is 7.37. The molecule has 0 bridgehead atoms. The van der Waals surface area contributed by atoms with Crippen LogP contribution in [-0.2, 0) is 48.2 Å². The molecule has 0 aromatic heterocycles. The summed E-state index contributed by atoms with van der Waals surface area (Å²) in [5.41, 5.74) is 3.14. The molecule has 1 fully saturated rings. The first-order valence-corrected chi connectivity index (χ1v) is 12.4. The van der Waals surface area contributed by atoms with Gasteiger partial charge in [0.25, 0.3) is 0 Å². The maximum atomic E-state index is 6.44. The van der Waals surface area contributed by atoms with E-state index >= 15 is 0 Å². The van der Waals surface area contributed by atoms with E-state index in [1.807, 2.05) is 84.9 Å². The standard InChI is InChI=1S/C29H33ClO6/c1-31-28-27(35-19-22-11-7-4-8-12-22)26(34-18-21-9-5-3-6-10-21)25(36-29(28)32-2)20-33-17-23-13-15-24(30)16-14-23/h3-16,25-29H,17-20H2,1-2H3/t25-,26-,27+,28-,29+/m1/s1. The summed E-state index contributed by atoms with van der Waals surface area (Å²) >= 11 is 6.00. The Morgan fingerprint density at radius 2 is 1.19 bits per heavy atom. The molecule has 1 saturated heterocycles. The minimum Gasteiger partial charge on any atom is -0.374 e. The highest BCUT2D eigenvalue weighted by atomic mass is 35.5. The monoisotopic (exact) mass is 512 g/mol. The summed E-state index contributed by atoms with van der Waals surface area (Å²) in [7, 11) is 3.23. The maximum Gasteiger partial charge on any atom is 0.186 e. The number of halogens is 1. The van der Waals surface area contributed by atoms with Crippen molar-refractivity contribution in [2.24, 2.45) is 0 Å². The number of ether oxygens (including phenoxy) is 6. The van der Waals surface area contributed by atoms with Crippen molar-refractivity contribution in [1.82, 2.24) is 0 Å². The van der Waals surface area contributed by atoms with E-state index in [-0.39, 0.29) is 0 Å². The number of methoxy groups -OCH3 is 2. The van der Waals surface area contributed by atoms with Gasteiger partial charge in [-0.2, -0.15) is 0 Å². The van der Waals surface area contributed by atoms with Crippen LogP contribution in [0.5, 0.6) is 0 Å². The van der Waals surface area contributed by atoms with Gasteiger partial charge in [0.15, 0.2) is 6.29 Å². The van der Waals surface area contributed by atoms with E-state index in [0.717, 1.165) is 16.7 Å². The third-order valence-corrected chi connectivity index (χ3v) is 6.38. The first-order chi connectivity index (χ1) is 17.7.